The lowest BCUT2D eigenvalue weighted by atomic mass is 10.1. The molecule has 1 aromatic rings. The van der Waals surface area contributed by atoms with Crippen molar-refractivity contribution in [1.82, 2.24) is 5.32 Å². The van der Waals surface area contributed by atoms with Crippen LogP contribution in [0.1, 0.15) is 25.8 Å². The number of carbonyl (C=O) groups excluding carboxylic acids is 1. The maximum Gasteiger partial charge on any atom is 0.324 e. The van der Waals surface area contributed by atoms with Crippen LogP contribution in [0.3, 0.4) is 0 Å². The Morgan fingerprint density at radius 2 is 2.06 bits per heavy atom. The zero-order chi connectivity index (χ0) is 13.4. The standard InChI is InChI=1S/C15H19NO2/c1-4-8-14(15(17)18-12(2)3)16-11-13-9-6-5-7-10-13/h1,5-7,9-10,12,14,16H,8,11H2,2-3H3. The van der Waals surface area contributed by atoms with Gasteiger partial charge in [-0.1, -0.05) is 30.3 Å². The summed E-state index contributed by atoms with van der Waals surface area (Å²) in [5.74, 6) is 2.20. The first-order chi connectivity index (χ1) is 8.63. The van der Waals surface area contributed by atoms with Crippen LogP contribution in [0.15, 0.2) is 30.3 Å². The first kappa shape index (κ1) is 14.3. The van der Waals surface area contributed by atoms with Gasteiger partial charge in [0.25, 0.3) is 0 Å². The lowest BCUT2D eigenvalue weighted by Crippen LogP contribution is -2.38. The highest BCUT2D eigenvalue weighted by Gasteiger charge is 2.19. The van der Waals surface area contributed by atoms with Crippen LogP contribution in [0.25, 0.3) is 0 Å². The number of esters is 1. The van der Waals surface area contributed by atoms with Gasteiger partial charge >= 0.3 is 5.97 Å². The normalized spacial score (nSPS) is 11.9. The van der Waals surface area contributed by atoms with Crippen molar-refractivity contribution in [3.05, 3.63) is 35.9 Å². The van der Waals surface area contributed by atoms with Crippen molar-refractivity contribution >= 4 is 5.97 Å². The highest BCUT2D eigenvalue weighted by molar-refractivity contribution is 5.76. The number of rotatable bonds is 6. The van der Waals surface area contributed by atoms with Gasteiger partial charge in [0.05, 0.1) is 6.10 Å². The summed E-state index contributed by atoms with van der Waals surface area (Å²) in [5, 5.41) is 3.13. The van der Waals surface area contributed by atoms with Gasteiger partial charge in [0.2, 0.25) is 0 Å². The second-order valence-corrected chi connectivity index (χ2v) is 4.31. The Morgan fingerprint density at radius 3 is 2.61 bits per heavy atom. The van der Waals surface area contributed by atoms with Gasteiger partial charge in [0.15, 0.2) is 0 Å². The van der Waals surface area contributed by atoms with Crippen LogP contribution in [0.2, 0.25) is 0 Å². The van der Waals surface area contributed by atoms with Crippen molar-refractivity contribution in [1.29, 1.82) is 0 Å². The third kappa shape index (κ3) is 5.03. The summed E-state index contributed by atoms with van der Waals surface area (Å²) in [4.78, 5) is 11.8. The molecule has 0 bridgehead atoms. The molecule has 0 aliphatic heterocycles. The Balaban J connectivity index is 2.53. The highest BCUT2D eigenvalue weighted by Crippen LogP contribution is 2.02. The third-order valence-corrected chi connectivity index (χ3v) is 2.35. The van der Waals surface area contributed by atoms with Crippen molar-refractivity contribution in [2.24, 2.45) is 0 Å². The van der Waals surface area contributed by atoms with Crippen molar-refractivity contribution in [3.63, 3.8) is 0 Å². The zero-order valence-corrected chi connectivity index (χ0v) is 10.8. The number of terminal acetylenes is 1. The van der Waals surface area contributed by atoms with Crippen LogP contribution in [0.4, 0.5) is 0 Å². The largest absolute Gasteiger partial charge is 0.462 e. The molecule has 1 N–H and O–H groups in total. The Morgan fingerprint density at radius 1 is 1.39 bits per heavy atom. The molecule has 0 heterocycles. The van der Waals surface area contributed by atoms with Crippen molar-refractivity contribution in [3.8, 4) is 12.3 Å². The smallest absolute Gasteiger partial charge is 0.324 e. The molecule has 1 unspecified atom stereocenters. The second kappa shape index (κ2) is 7.52. The summed E-state index contributed by atoms with van der Waals surface area (Å²) in [7, 11) is 0. The van der Waals surface area contributed by atoms with E-state index in [9.17, 15) is 4.79 Å². The van der Waals surface area contributed by atoms with E-state index in [0.717, 1.165) is 5.56 Å². The molecule has 0 saturated carbocycles. The maximum absolute atomic E-state index is 11.8. The van der Waals surface area contributed by atoms with Crippen LogP contribution >= 0.6 is 0 Å². The summed E-state index contributed by atoms with van der Waals surface area (Å²) in [6, 6.07) is 9.41. The van der Waals surface area contributed by atoms with E-state index in [1.165, 1.54) is 0 Å². The van der Waals surface area contributed by atoms with Gasteiger partial charge in [-0.05, 0) is 19.4 Å². The first-order valence-electron chi connectivity index (χ1n) is 6.04. The van der Waals surface area contributed by atoms with Gasteiger partial charge in [-0.2, -0.15) is 0 Å². The quantitative estimate of drug-likeness (QED) is 0.616. The lowest BCUT2D eigenvalue weighted by Gasteiger charge is -2.17. The molecule has 1 rings (SSSR count). The molecule has 3 heteroatoms. The summed E-state index contributed by atoms with van der Waals surface area (Å²) in [6.07, 6.45) is 5.47. The monoisotopic (exact) mass is 245 g/mol. The van der Waals surface area contributed by atoms with Gasteiger partial charge < -0.3 is 4.74 Å². The Labute approximate surface area is 109 Å². The number of ether oxygens (including phenoxy) is 1. The van der Waals surface area contributed by atoms with E-state index in [-0.39, 0.29) is 12.1 Å². The molecule has 18 heavy (non-hydrogen) atoms. The molecular formula is C15H19NO2. The SMILES string of the molecule is C#CCC(NCc1ccccc1)C(=O)OC(C)C. The fourth-order valence-electron chi connectivity index (χ4n) is 1.51. The van der Waals surface area contributed by atoms with E-state index in [1.54, 1.807) is 0 Å². The van der Waals surface area contributed by atoms with E-state index in [1.807, 2.05) is 44.2 Å². The topological polar surface area (TPSA) is 38.3 Å². The van der Waals surface area contributed by atoms with Crippen LogP contribution in [-0.2, 0) is 16.1 Å². The molecule has 0 saturated heterocycles. The fourth-order valence-corrected chi connectivity index (χ4v) is 1.51. The van der Waals surface area contributed by atoms with Crippen LogP contribution in [0.5, 0.6) is 0 Å². The minimum atomic E-state index is -0.447. The minimum absolute atomic E-state index is 0.128. The third-order valence-electron chi connectivity index (χ3n) is 2.35. The number of benzene rings is 1. The maximum atomic E-state index is 11.8. The first-order valence-corrected chi connectivity index (χ1v) is 6.04. The molecule has 0 aromatic heterocycles. The average Bonchev–Trinajstić information content (AvgIpc) is 2.34. The summed E-state index contributed by atoms with van der Waals surface area (Å²) >= 11 is 0. The molecule has 0 amide bonds. The average molecular weight is 245 g/mol. The molecule has 0 radical (unpaired) electrons. The van der Waals surface area contributed by atoms with E-state index in [2.05, 4.69) is 11.2 Å². The predicted octanol–water partition coefficient (Wildman–Crippen LogP) is 2.12. The molecule has 0 aliphatic carbocycles. The van der Waals surface area contributed by atoms with E-state index >= 15 is 0 Å². The highest BCUT2D eigenvalue weighted by atomic mass is 16.5. The molecule has 0 spiro atoms. The fraction of sp³-hybridized carbons (Fsp3) is 0.400. The second-order valence-electron chi connectivity index (χ2n) is 4.31. The lowest BCUT2D eigenvalue weighted by molar-refractivity contribution is -0.149. The molecular weight excluding hydrogens is 226 g/mol. The van der Waals surface area contributed by atoms with Crippen molar-refractivity contribution < 1.29 is 9.53 Å². The van der Waals surface area contributed by atoms with Gasteiger partial charge in [-0.25, -0.2) is 0 Å². The van der Waals surface area contributed by atoms with Crippen LogP contribution in [-0.4, -0.2) is 18.1 Å². The van der Waals surface area contributed by atoms with E-state index in [0.29, 0.717) is 13.0 Å². The summed E-state index contributed by atoms with van der Waals surface area (Å²) in [6.45, 7) is 4.24. The Kier molecular flexibility index (Phi) is 5.96. The van der Waals surface area contributed by atoms with Crippen LogP contribution in [0, 0.1) is 12.3 Å². The minimum Gasteiger partial charge on any atom is -0.462 e. The molecule has 1 aromatic carbocycles. The van der Waals surface area contributed by atoms with E-state index < -0.39 is 6.04 Å². The molecule has 0 fully saturated rings. The molecule has 1 atom stereocenters. The Hall–Kier alpha value is -1.79. The number of hydrogen-bond acceptors (Lipinski definition) is 3. The number of nitrogens with one attached hydrogen (secondary N) is 1. The van der Waals surface area contributed by atoms with Crippen molar-refractivity contribution in [2.75, 3.05) is 0 Å². The van der Waals surface area contributed by atoms with Gasteiger partial charge in [0, 0.05) is 13.0 Å². The Bertz CT molecular complexity index is 406. The van der Waals surface area contributed by atoms with Crippen LogP contribution < -0.4 is 5.32 Å². The summed E-state index contributed by atoms with van der Waals surface area (Å²) in [5.41, 5.74) is 1.11. The predicted molar refractivity (Wildman–Crippen MR) is 71.7 cm³/mol. The van der Waals surface area contributed by atoms with Gasteiger partial charge in [-0.3, -0.25) is 10.1 Å². The number of carbonyl (C=O) groups is 1. The molecule has 3 nitrogen and oxygen atoms in total. The zero-order valence-electron chi connectivity index (χ0n) is 10.8. The molecule has 96 valence electrons. The summed E-state index contributed by atoms with van der Waals surface area (Å²) < 4.78 is 5.16. The molecule has 0 aliphatic rings. The van der Waals surface area contributed by atoms with Crippen molar-refractivity contribution in [2.45, 2.75) is 39.0 Å². The van der Waals surface area contributed by atoms with E-state index in [4.69, 9.17) is 11.2 Å². The van der Waals surface area contributed by atoms with Gasteiger partial charge in [0.1, 0.15) is 6.04 Å². The number of hydrogen-bond donors (Lipinski definition) is 1. The van der Waals surface area contributed by atoms with Gasteiger partial charge in [-0.15, -0.1) is 12.3 Å².